The number of nitrogens with one attached hydrogen (secondary N) is 3. The SMILES string of the molecule is CCNC(=NCc1cccc(-c2ncn[nH]2)c1)NCCCOC1CCOC1.I. The topological polar surface area (TPSA) is 96.5 Å². The molecule has 1 aliphatic rings. The first-order valence-electron chi connectivity index (χ1n) is 9.51. The Labute approximate surface area is 182 Å². The Hall–Kier alpha value is -1.72. The zero-order valence-electron chi connectivity index (χ0n) is 16.2. The predicted octanol–water partition coefficient (Wildman–Crippen LogP) is 2.34. The van der Waals surface area contributed by atoms with E-state index in [9.17, 15) is 0 Å². The minimum absolute atomic E-state index is 0. The molecule has 3 N–H and O–H groups in total. The summed E-state index contributed by atoms with van der Waals surface area (Å²) < 4.78 is 11.1. The lowest BCUT2D eigenvalue weighted by Gasteiger charge is -2.13. The molecule has 1 unspecified atom stereocenters. The van der Waals surface area contributed by atoms with Gasteiger partial charge in [-0.2, -0.15) is 5.10 Å². The van der Waals surface area contributed by atoms with Crippen molar-refractivity contribution >= 4 is 29.9 Å². The van der Waals surface area contributed by atoms with E-state index in [1.54, 1.807) is 0 Å². The van der Waals surface area contributed by atoms with E-state index in [1.807, 2.05) is 12.1 Å². The number of hydrogen-bond donors (Lipinski definition) is 3. The van der Waals surface area contributed by atoms with Crippen LogP contribution in [0.1, 0.15) is 25.3 Å². The molecule has 0 aliphatic carbocycles. The average Bonchev–Trinajstić information content (AvgIpc) is 3.40. The van der Waals surface area contributed by atoms with Crippen LogP contribution in [0.25, 0.3) is 11.4 Å². The van der Waals surface area contributed by atoms with Crippen molar-refractivity contribution in [3.05, 3.63) is 36.2 Å². The van der Waals surface area contributed by atoms with Gasteiger partial charge < -0.3 is 20.1 Å². The fraction of sp³-hybridized carbons (Fsp3) is 0.526. The second-order valence-corrected chi connectivity index (χ2v) is 6.37. The Morgan fingerprint density at radius 3 is 3.07 bits per heavy atom. The van der Waals surface area contributed by atoms with Crippen LogP contribution >= 0.6 is 24.0 Å². The van der Waals surface area contributed by atoms with E-state index in [-0.39, 0.29) is 30.1 Å². The molecule has 28 heavy (non-hydrogen) atoms. The van der Waals surface area contributed by atoms with Crippen molar-refractivity contribution < 1.29 is 9.47 Å². The molecule has 2 aromatic rings. The van der Waals surface area contributed by atoms with Gasteiger partial charge in [0, 0.05) is 31.9 Å². The lowest BCUT2D eigenvalue weighted by molar-refractivity contribution is 0.0420. The van der Waals surface area contributed by atoms with Crippen LogP contribution in [0.5, 0.6) is 0 Å². The van der Waals surface area contributed by atoms with E-state index in [1.165, 1.54) is 6.33 Å². The first-order chi connectivity index (χ1) is 13.3. The van der Waals surface area contributed by atoms with Crippen molar-refractivity contribution in [3.8, 4) is 11.4 Å². The molecule has 9 heteroatoms. The van der Waals surface area contributed by atoms with Gasteiger partial charge in [-0.1, -0.05) is 18.2 Å². The molecule has 3 rings (SSSR count). The fourth-order valence-corrected chi connectivity index (χ4v) is 2.85. The summed E-state index contributed by atoms with van der Waals surface area (Å²) >= 11 is 0. The number of aromatic nitrogens is 3. The van der Waals surface area contributed by atoms with Crippen LogP contribution in [-0.4, -0.2) is 60.2 Å². The number of rotatable bonds is 9. The molecule has 0 bridgehead atoms. The highest BCUT2D eigenvalue weighted by atomic mass is 127. The number of ether oxygens (including phenoxy) is 2. The largest absolute Gasteiger partial charge is 0.379 e. The predicted molar refractivity (Wildman–Crippen MR) is 120 cm³/mol. The molecule has 1 aromatic carbocycles. The number of aliphatic imine (C=N–C) groups is 1. The first-order valence-corrected chi connectivity index (χ1v) is 9.51. The lowest BCUT2D eigenvalue weighted by atomic mass is 10.1. The number of aromatic amines is 1. The molecule has 8 nitrogen and oxygen atoms in total. The molecule has 2 heterocycles. The molecular formula is C19H29IN6O2. The van der Waals surface area contributed by atoms with Crippen LogP contribution in [0.2, 0.25) is 0 Å². The van der Waals surface area contributed by atoms with Gasteiger partial charge in [-0.05, 0) is 31.4 Å². The van der Waals surface area contributed by atoms with Gasteiger partial charge in [-0.15, -0.1) is 24.0 Å². The maximum atomic E-state index is 5.78. The quantitative estimate of drug-likeness (QED) is 0.212. The molecule has 0 spiro atoms. The zero-order chi connectivity index (χ0) is 18.7. The van der Waals surface area contributed by atoms with Crippen LogP contribution in [0.4, 0.5) is 0 Å². The number of nitrogens with zero attached hydrogens (tertiary/aromatic N) is 3. The maximum Gasteiger partial charge on any atom is 0.191 e. The van der Waals surface area contributed by atoms with E-state index in [4.69, 9.17) is 9.47 Å². The van der Waals surface area contributed by atoms with E-state index in [0.717, 1.165) is 68.7 Å². The Morgan fingerprint density at radius 2 is 2.32 bits per heavy atom. The summed E-state index contributed by atoms with van der Waals surface area (Å²) in [5.41, 5.74) is 2.12. The number of hydrogen-bond acceptors (Lipinski definition) is 5. The summed E-state index contributed by atoms with van der Waals surface area (Å²) in [5.74, 6) is 1.57. The third kappa shape index (κ3) is 7.36. The molecule has 1 aromatic heterocycles. The first kappa shape index (κ1) is 22.6. The molecule has 0 saturated carbocycles. The molecule has 0 radical (unpaired) electrons. The standard InChI is InChI=1S/C19H28N6O2.HI/c1-2-20-19(21-8-4-9-27-17-7-10-26-13-17)22-12-15-5-3-6-16(11-15)18-23-14-24-25-18;/h3,5-6,11,14,17H,2,4,7-10,12-13H2,1H3,(H2,20,21,22)(H,23,24,25);1H. The minimum atomic E-state index is 0. The van der Waals surface area contributed by atoms with Gasteiger partial charge >= 0.3 is 0 Å². The number of H-pyrrole nitrogens is 1. The summed E-state index contributed by atoms with van der Waals surface area (Å²) in [5, 5.41) is 13.4. The lowest BCUT2D eigenvalue weighted by Crippen LogP contribution is -2.38. The van der Waals surface area contributed by atoms with E-state index in [0.29, 0.717) is 6.54 Å². The van der Waals surface area contributed by atoms with Crippen LogP contribution in [0.15, 0.2) is 35.6 Å². The van der Waals surface area contributed by atoms with Gasteiger partial charge in [0.25, 0.3) is 0 Å². The van der Waals surface area contributed by atoms with E-state index < -0.39 is 0 Å². The summed E-state index contributed by atoms with van der Waals surface area (Å²) in [4.78, 5) is 8.86. The fourth-order valence-electron chi connectivity index (χ4n) is 2.85. The van der Waals surface area contributed by atoms with Crippen molar-refractivity contribution in [2.24, 2.45) is 4.99 Å². The Balaban J connectivity index is 0.00000280. The van der Waals surface area contributed by atoms with Gasteiger partial charge in [0.2, 0.25) is 0 Å². The van der Waals surface area contributed by atoms with Gasteiger partial charge in [-0.25, -0.2) is 9.98 Å². The monoisotopic (exact) mass is 500 g/mol. The minimum Gasteiger partial charge on any atom is -0.379 e. The summed E-state index contributed by atoms with van der Waals surface area (Å²) in [6.45, 7) is 6.57. The van der Waals surface area contributed by atoms with E-state index in [2.05, 4.69) is 49.9 Å². The number of halogens is 1. The van der Waals surface area contributed by atoms with E-state index >= 15 is 0 Å². The van der Waals surface area contributed by atoms with Gasteiger partial charge in [-0.3, -0.25) is 5.10 Å². The molecule has 1 atom stereocenters. The number of guanidine groups is 1. The van der Waals surface area contributed by atoms with Crippen LogP contribution < -0.4 is 10.6 Å². The zero-order valence-corrected chi connectivity index (χ0v) is 18.5. The third-order valence-electron chi connectivity index (χ3n) is 4.23. The highest BCUT2D eigenvalue weighted by Gasteiger charge is 2.15. The van der Waals surface area contributed by atoms with Gasteiger partial charge in [0.15, 0.2) is 11.8 Å². The van der Waals surface area contributed by atoms with Crippen molar-refractivity contribution in [2.45, 2.75) is 32.4 Å². The highest BCUT2D eigenvalue weighted by molar-refractivity contribution is 14.0. The van der Waals surface area contributed by atoms with Crippen molar-refractivity contribution in [1.29, 1.82) is 0 Å². The van der Waals surface area contributed by atoms with Crippen molar-refractivity contribution in [1.82, 2.24) is 25.8 Å². The van der Waals surface area contributed by atoms with Crippen molar-refractivity contribution in [2.75, 3.05) is 32.9 Å². The second-order valence-electron chi connectivity index (χ2n) is 6.37. The third-order valence-corrected chi connectivity index (χ3v) is 4.23. The Morgan fingerprint density at radius 1 is 1.39 bits per heavy atom. The summed E-state index contributed by atoms with van der Waals surface area (Å²) in [7, 11) is 0. The van der Waals surface area contributed by atoms with Crippen LogP contribution in [-0.2, 0) is 16.0 Å². The molecule has 1 saturated heterocycles. The second kappa shape index (κ2) is 12.7. The molecule has 1 aliphatic heterocycles. The molecule has 154 valence electrons. The summed E-state index contributed by atoms with van der Waals surface area (Å²) in [6.07, 6.45) is 3.71. The van der Waals surface area contributed by atoms with Crippen LogP contribution in [0, 0.1) is 0 Å². The average molecular weight is 500 g/mol. The number of benzene rings is 1. The Kier molecular flexibility index (Phi) is 10.2. The van der Waals surface area contributed by atoms with Crippen LogP contribution in [0.3, 0.4) is 0 Å². The normalized spacial score (nSPS) is 16.6. The highest BCUT2D eigenvalue weighted by Crippen LogP contribution is 2.15. The molecule has 0 amide bonds. The summed E-state index contributed by atoms with van der Waals surface area (Å²) in [6, 6.07) is 8.15. The Bertz CT molecular complexity index is 704. The maximum absolute atomic E-state index is 5.78. The molecular weight excluding hydrogens is 471 g/mol. The van der Waals surface area contributed by atoms with Crippen molar-refractivity contribution in [3.63, 3.8) is 0 Å². The molecule has 1 fully saturated rings. The van der Waals surface area contributed by atoms with Gasteiger partial charge in [0.1, 0.15) is 6.33 Å². The smallest absolute Gasteiger partial charge is 0.191 e. The van der Waals surface area contributed by atoms with Gasteiger partial charge in [0.05, 0.1) is 19.3 Å².